The van der Waals surface area contributed by atoms with E-state index >= 15 is 0 Å². The number of rotatable bonds is 3. The zero-order chi connectivity index (χ0) is 13.2. The van der Waals surface area contributed by atoms with Crippen LogP contribution in [0.2, 0.25) is 0 Å². The summed E-state index contributed by atoms with van der Waals surface area (Å²) >= 11 is 0. The Bertz CT molecular complexity index is 704. The Morgan fingerprint density at radius 2 is 2.00 bits per heavy atom. The van der Waals surface area contributed by atoms with Crippen molar-refractivity contribution in [1.29, 1.82) is 0 Å². The first-order valence-electron chi connectivity index (χ1n) is 6.16. The second kappa shape index (κ2) is 4.78. The lowest BCUT2D eigenvalue weighted by Crippen LogP contribution is -2.13. The fraction of sp³-hybridized carbons (Fsp3) is 0.214. The molecule has 0 saturated carbocycles. The van der Waals surface area contributed by atoms with Gasteiger partial charge in [-0.05, 0) is 29.7 Å². The average molecular weight is 253 g/mol. The molecule has 0 bridgehead atoms. The molecule has 1 aromatic carbocycles. The molecule has 0 amide bonds. The fourth-order valence-corrected chi connectivity index (χ4v) is 2.16. The van der Waals surface area contributed by atoms with Crippen molar-refractivity contribution in [2.45, 2.75) is 12.5 Å². The van der Waals surface area contributed by atoms with Crippen molar-refractivity contribution < 1.29 is 0 Å². The first-order chi connectivity index (χ1) is 9.22. The van der Waals surface area contributed by atoms with E-state index in [0.717, 1.165) is 28.6 Å². The molecule has 2 N–H and O–H groups in total. The molecule has 0 radical (unpaired) electrons. The van der Waals surface area contributed by atoms with Crippen LogP contribution in [0.3, 0.4) is 0 Å². The Balaban J connectivity index is 1.86. The van der Waals surface area contributed by atoms with Crippen LogP contribution in [-0.2, 0) is 13.5 Å². The Morgan fingerprint density at radius 3 is 2.74 bits per heavy atom. The zero-order valence-electron chi connectivity index (χ0n) is 10.7. The Kier molecular flexibility index (Phi) is 2.97. The van der Waals surface area contributed by atoms with Crippen LogP contribution >= 0.6 is 0 Å². The van der Waals surface area contributed by atoms with Crippen molar-refractivity contribution in [3.8, 4) is 0 Å². The van der Waals surface area contributed by atoms with Crippen LogP contribution < -0.4 is 5.73 Å². The van der Waals surface area contributed by atoms with Gasteiger partial charge in [0.1, 0.15) is 0 Å². The van der Waals surface area contributed by atoms with Gasteiger partial charge < -0.3 is 5.73 Å². The lowest BCUT2D eigenvalue weighted by Gasteiger charge is -2.11. The van der Waals surface area contributed by atoms with Gasteiger partial charge in [0.25, 0.3) is 0 Å². The summed E-state index contributed by atoms with van der Waals surface area (Å²) in [6, 6.07) is 5.91. The molecule has 3 rings (SSSR count). The van der Waals surface area contributed by atoms with Crippen LogP contribution in [-0.4, -0.2) is 19.7 Å². The third-order valence-electron chi connectivity index (χ3n) is 3.14. The van der Waals surface area contributed by atoms with E-state index in [1.165, 1.54) is 0 Å². The molecule has 0 aliphatic carbocycles. The quantitative estimate of drug-likeness (QED) is 0.769. The van der Waals surface area contributed by atoms with Crippen molar-refractivity contribution in [2.24, 2.45) is 12.8 Å². The SMILES string of the molecule is Cn1cc(CC(N)c2ccc3nccnc3c2)cn1. The van der Waals surface area contributed by atoms with Gasteiger partial charge in [-0.3, -0.25) is 14.6 Å². The highest BCUT2D eigenvalue weighted by Crippen LogP contribution is 2.19. The highest BCUT2D eigenvalue weighted by Gasteiger charge is 2.09. The molecule has 1 atom stereocenters. The highest BCUT2D eigenvalue weighted by atomic mass is 15.2. The molecule has 5 heteroatoms. The van der Waals surface area contributed by atoms with Crippen molar-refractivity contribution >= 4 is 11.0 Å². The van der Waals surface area contributed by atoms with Crippen LogP contribution in [0, 0.1) is 0 Å². The van der Waals surface area contributed by atoms with Crippen LogP contribution in [0.4, 0.5) is 0 Å². The molecular formula is C14H15N5. The number of nitrogens with two attached hydrogens (primary N) is 1. The monoisotopic (exact) mass is 253 g/mol. The number of hydrogen-bond donors (Lipinski definition) is 1. The van der Waals surface area contributed by atoms with E-state index in [4.69, 9.17) is 5.73 Å². The predicted octanol–water partition coefficient (Wildman–Crippen LogP) is 1.61. The first kappa shape index (κ1) is 11.8. The van der Waals surface area contributed by atoms with E-state index in [9.17, 15) is 0 Å². The molecule has 3 aromatic rings. The van der Waals surface area contributed by atoms with Crippen molar-refractivity contribution in [3.05, 3.63) is 54.1 Å². The molecule has 2 aromatic heterocycles. The zero-order valence-corrected chi connectivity index (χ0v) is 10.7. The molecule has 0 fully saturated rings. The van der Waals surface area contributed by atoms with Crippen molar-refractivity contribution in [3.63, 3.8) is 0 Å². The molecule has 19 heavy (non-hydrogen) atoms. The van der Waals surface area contributed by atoms with Gasteiger partial charge in [-0.25, -0.2) is 0 Å². The summed E-state index contributed by atoms with van der Waals surface area (Å²) in [7, 11) is 1.90. The highest BCUT2D eigenvalue weighted by molar-refractivity contribution is 5.74. The van der Waals surface area contributed by atoms with Gasteiger partial charge in [-0.2, -0.15) is 5.10 Å². The summed E-state index contributed by atoms with van der Waals surface area (Å²) < 4.78 is 1.79. The van der Waals surface area contributed by atoms with Gasteiger partial charge in [0.05, 0.1) is 17.2 Å². The summed E-state index contributed by atoms with van der Waals surface area (Å²) in [5, 5.41) is 4.15. The van der Waals surface area contributed by atoms with E-state index in [1.807, 2.05) is 37.6 Å². The fourth-order valence-electron chi connectivity index (χ4n) is 2.16. The maximum atomic E-state index is 6.24. The van der Waals surface area contributed by atoms with E-state index in [-0.39, 0.29) is 6.04 Å². The van der Waals surface area contributed by atoms with Crippen LogP contribution in [0.15, 0.2) is 43.0 Å². The van der Waals surface area contributed by atoms with Gasteiger partial charge in [0.15, 0.2) is 0 Å². The minimum atomic E-state index is -0.0596. The Hall–Kier alpha value is -2.27. The normalized spacial score (nSPS) is 12.7. The van der Waals surface area contributed by atoms with Crippen LogP contribution in [0.25, 0.3) is 11.0 Å². The van der Waals surface area contributed by atoms with Crippen molar-refractivity contribution in [1.82, 2.24) is 19.7 Å². The second-order valence-electron chi connectivity index (χ2n) is 4.64. The number of hydrogen-bond acceptors (Lipinski definition) is 4. The molecule has 2 heterocycles. The molecule has 5 nitrogen and oxygen atoms in total. The van der Waals surface area contributed by atoms with E-state index in [1.54, 1.807) is 17.1 Å². The minimum absolute atomic E-state index is 0.0596. The molecule has 1 unspecified atom stereocenters. The Labute approximate surface area is 111 Å². The number of benzene rings is 1. The summed E-state index contributed by atoms with van der Waals surface area (Å²) in [5.41, 5.74) is 10.2. The third kappa shape index (κ3) is 2.46. The van der Waals surface area contributed by atoms with Crippen LogP contribution in [0.1, 0.15) is 17.2 Å². The van der Waals surface area contributed by atoms with Crippen LogP contribution in [0.5, 0.6) is 0 Å². The maximum absolute atomic E-state index is 6.24. The number of aromatic nitrogens is 4. The largest absolute Gasteiger partial charge is 0.324 e. The molecule has 0 aliphatic rings. The first-order valence-corrected chi connectivity index (χ1v) is 6.16. The molecule has 96 valence electrons. The summed E-state index contributed by atoms with van der Waals surface area (Å²) in [4.78, 5) is 8.55. The minimum Gasteiger partial charge on any atom is -0.324 e. The average Bonchev–Trinajstić information content (AvgIpc) is 2.83. The van der Waals surface area contributed by atoms with Gasteiger partial charge in [-0.15, -0.1) is 0 Å². The van der Waals surface area contributed by atoms with Gasteiger partial charge in [-0.1, -0.05) is 6.07 Å². The van der Waals surface area contributed by atoms with Gasteiger partial charge in [0.2, 0.25) is 0 Å². The topological polar surface area (TPSA) is 69.6 Å². The van der Waals surface area contributed by atoms with E-state index in [2.05, 4.69) is 15.1 Å². The molecule has 0 saturated heterocycles. The molecular weight excluding hydrogens is 238 g/mol. The lowest BCUT2D eigenvalue weighted by molar-refractivity contribution is 0.720. The maximum Gasteiger partial charge on any atom is 0.0890 e. The Morgan fingerprint density at radius 1 is 1.21 bits per heavy atom. The molecule has 0 spiro atoms. The number of nitrogens with zero attached hydrogens (tertiary/aromatic N) is 4. The summed E-state index contributed by atoms with van der Waals surface area (Å²) in [6.07, 6.45) is 7.98. The van der Waals surface area contributed by atoms with Gasteiger partial charge in [0, 0.05) is 31.7 Å². The predicted molar refractivity (Wildman–Crippen MR) is 73.4 cm³/mol. The summed E-state index contributed by atoms with van der Waals surface area (Å²) in [6.45, 7) is 0. The standard InChI is InChI=1S/C14H15N5/c1-19-9-10(8-18-19)6-12(15)11-2-3-13-14(7-11)17-5-4-16-13/h2-5,7-9,12H,6,15H2,1H3. The van der Waals surface area contributed by atoms with E-state index in [0.29, 0.717) is 0 Å². The van der Waals surface area contributed by atoms with Crippen molar-refractivity contribution in [2.75, 3.05) is 0 Å². The van der Waals surface area contributed by atoms with E-state index < -0.39 is 0 Å². The second-order valence-corrected chi connectivity index (χ2v) is 4.64. The number of aryl methyl sites for hydroxylation is 1. The molecule has 0 aliphatic heterocycles. The smallest absolute Gasteiger partial charge is 0.0890 e. The van der Waals surface area contributed by atoms with Gasteiger partial charge >= 0.3 is 0 Å². The lowest BCUT2D eigenvalue weighted by atomic mass is 10.0. The number of fused-ring (bicyclic) bond motifs is 1. The third-order valence-corrected chi connectivity index (χ3v) is 3.14. The summed E-state index contributed by atoms with van der Waals surface area (Å²) in [5.74, 6) is 0.